The summed E-state index contributed by atoms with van der Waals surface area (Å²) in [4.78, 5) is 0. The molecule has 0 amide bonds. The van der Waals surface area contributed by atoms with Crippen LogP contribution in [0.5, 0.6) is 5.75 Å². The van der Waals surface area contributed by atoms with Crippen LogP contribution in [-0.4, -0.2) is 3.72 Å². The first-order valence-electron chi connectivity index (χ1n) is 5.28. The second-order valence-electron chi connectivity index (χ2n) is 3.63. The van der Waals surface area contributed by atoms with Gasteiger partial charge in [-0.3, -0.25) is 5.41 Å². The van der Waals surface area contributed by atoms with Crippen LogP contribution in [0.3, 0.4) is 0 Å². The third kappa shape index (κ3) is 3.43. The van der Waals surface area contributed by atoms with Gasteiger partial charge in [0.25, 0.3) is 0 Å². The molecule has 0 aliphatic rings. The van der Waals surface area contributed by atoms with Gasteiger partial charge in [0, 0.05) is 16.6 Å². The van der Waals surface area contributed by atoms with Crippen LogP contribution >= 0.6 is 31.4 Å². The number of anilines is 1. The van der Waals surface area contributed by atoms with E-state index in [9.17, 15) is 0 Å². The van der Waals surface area contributed by atoms with Crippen molar-refractivity contribution < 1.29 is 4.52 Å². The lowest BCUT2D eigenvalue weighted by molar-refractivity contribution is 0.638. The van der Waals surface area contributed by atoms with Crippen LogP contribution in [-0.2, 0) is 0 Å². The molecule has 1 atom stereocenters. The van der Waals surface area contributed by atoms with Crippen LogP contribution in [0, 0.1) is 5.41 Å². The number of hydrogen-bond donors (Lipinski definition) is 2. The van der Waals surface area contributed by atoms with E-state index in [0.717, 1.165) is 11.1 Å². The summed E-state index contributed by atoms with van der Waals surface area (Å²) < 4.78 is 6.13. The number of hydrogen-bond acceptors (Lipinski definition) is 3. The van der Waals surface area contributed by atoms with Crippen molar-refractivity contribution in [1.82, 2.24) is 0 Å². The first kappa shape index (κ1) is 13.3. The number of nitrogens with one attached hydrogen (secondary N) is 1. The van der Waals surface area contributed by atoms with Gasteiger partial charge in [-0.15, -0.1) is 0 Å². The minimum absolute atomic E-state index is 0.255. The fourth-order valence-corrected chi connectivity index (χ4v) is 2.57. The third-order valence-corrected chi connectivity index (χ3v) is 3.81. The van der Waals surface area contributed by atoms with Crippen LogP contribution in [0.25, 0.3) is 0 Å². The summed E-state index contributed by atoms with van der Waals surface area (Å²) in [6.07, 6.45) is 0. The molecule has 92 valence electrons. The molecule has 0 saturated carbocycles. The molecule has 1 unspecified atom stereocenters. The summed E-state index contributed by atoms with van der Waals surface area (Å²) >= 11 is 1.94. The third-order valence-electron chi connectivity index (χ3n) is 2.32. The molecule has 3 N–H and O–H groups in total. The largest absolute Gasteiger partial charge is 0.472 e. The fourth-order valence-electron chi connectivity index (χ4n) is 1.41. The Morgan fingerprint density at radius 3 is 2.56 bits per heavy atom. The van der Waals surface area contributed by atoms with Gasteiger partial charge in [0.2, 0.25) is 0 Å². The highest BCUT2D eigenvalue weighted by Crippen LogP contribution is 2.26. The fraction of sp³-hybridized carbons (Fsp3) is 0. The molecule has 0 spiro atoms. The predicted molar refractivity (Wildman–Crippen MR) is 86.7 cm³/mol. The summed E-state index contributed by atoms with van der Waals surface area (Å²) in [5.41, 5.74) is 7.11. The summed E-state index contributed by atoms with van der Waals surface area (Å²) in [6, 6.07) is 15.4. The Morgan fingerprint density at radius 2 is 1.89 bits per heavy atom. The number of nitrogens with two attached hydrogens (primary N) is 1. The Hall–Kier alpha value is -1.13. The molecular formula is C13H12IN2OP. The van der Waals surface area contributed by atoms with E-state index in [4.69, 9.17) is 15.7 Å². The Bertz CT molecular complexity index is 560. The monoisotopic (exact) mass is 370 g/mol. The van der Waals surface area contributed by atoms with Crippen molar-refractivity contribution in [1.29, 1.82) is 5.41 Å². The molecule has 2 aromatic carbocycles. The molecule has 3 nitrogen and oxygen atoms in total. The van der Waals surface area contributed by atoms with E-state index in [2.05, 4.69) is 0 Å². The second-order valence-corrected chi connectivity index (χ2v) is 5.70. The Morgan fingerprint density at radius 1 is 1.17 bits per heavy atom. The van der Waals surface area contributed by atoms with Crippen molar-refractivity contribution >= 4 is 46.1 Å². The zero-order chi connectivity index (χ0) is 13.0. The van der Waals surface area contributed by atoms with Crippen LogP contribution in [0.1, 0.15) is 5.56 Å². The van der Waals surface area contributed by atoms with E-state index in [0.29, 0.717) is 15.0 Å². The van der Waals surface area contributed by atoms with E-state index >= 15 is 0 Å². The van der Waals surface area contributed by atoms with Crippen LogP contribution < -0.4 is 15.6 Å². The molecule has 0 fully saturated rings. The highest BCUT2D eigenvalue weighted by molar-refractivity contribution is 14.1. The zero-order valence-corrected chi connectivity index (χ0v) is 12.6. The minimum atomic E-state index is 0.255. The van der Waals surface area contributed by atoms with E-state index in [1.807, 2.05) is 59.0 Å². The Balaban J connectivity index is 2.11. The number of halogens is 1. The summed E-state index contributed by atoms with van der Waals surface area (Å²) in [6.45, 7) is 0. The highest BCUT2D eigenvalue weighted by atomic mass is 127. The second kappa shape index (κ2) is 6.16. The van der Waals surface area contributed by atoms with Gasteiger partial charge in [-0.2, -0.15) is 0 Å². The Labute approximate surface area is 121 Å². The Kier molecular flexibility index (Phi) is 4.55. The zero-order valence-electron chi connectivity index (χ0n) is 9.48. The maximum absolute atomic E-state index is 7.62. The van der Waals surface area contributed by atoms with E-state index in [1.54, 1.807) is 12.1 Å². The van der Waals surface area contributed by atoms with Crippen molar-refractivity contribution in [2.24, 2.45) is 0 Å². The van der Waals surface area contributed by atoms with Gasteiger partial charge >= 0.3 is 0 Å². The average molecular weight is 370 g/mol. The lowest BCUT2D eigenvalue weighted by atomic mass is 10.2. The van der Waals surface area contributed by atoms with Gasteiger partial charge in [-0.05, 0) is 40.8 Å². The lowest BCUT2D eigenvalue weighted by Gasteiger charge is -2.08. The number of nitrogen functional groups attached to an aromatic ring is 1. The first-order valence-corrected chi connectivity index (χ1v) is 7.27. The lowest BCUT2D eigenvalue weighted by Crippen LogP contribution is -1.99. The highest BCUT2D eigenvalue weighted by Gasteiger charge is 2.05. The summed E-state index contributed by atoms with van der Waals surface area (Å²) in [5.74, 6) is 0.739. The van der Waals surface area contributed by atoms with Crippen LogP contribution in [0.15, 0.2) is 48.5 Å². The maximum atomic E-state index is 7.62. The molecule has 0 saturated heterocycles. The maximum Gasteiger partial charge on any atom is 0.124 e. The van der Waals surface area contributed by atoms with E-state index in [-0.39, 0.29) is 8.81 Å². The minimum Gasteiger partial charge on any atom is -0.472 e. The van der Waals surface area contributed by atoms with Crippen molar-refractivity contribution in [3.8, 4) is 5.75 Å². The van der Waals surface area contributed by atoms with Gasteiger partial charge in [0.15, 0.2) is 0 Å². The average Bonchev–Trinajstić information content (AvgIpc) is 2.38. The molecule has 0 radical (unpaired) electrons. The number of rotatable bonds is 4. The SMILES string of the molecule is N=C(I)c1cc(OPc2ccccc2)ccc1N. The summed E-state index contributed by atoms with van der Waals surface area (Å²) in [7, 11) is 0.255. The number of benzene rings is 2. The predicted octanol–water partition coefficient (Wildman–Crippen LogP) is 3.33. The van der Waals surface area contributed by atoms with Crippen LogP contribution in [0.2, 0.25) is 0 Å². The van der Waals surface area contributed by atoms with Crippen LogP contribution in [0.4, 0.5) is 5.69 Å². The van der Waals surface area contributed by atoms with Crippen molar-refractivity contribution in [3.63, 3.8) is 0 Å². The quantitative estimate of drug-likeness (QED) is 0.376. The standard InChI is InChI=1S/C13H12IN2OP/c14-13(16)11-8-9(6-7-12(11)15)17-18-10-4-2-1-3-5-10/h1-8,16,18H,15H2. The van der Waals surface area contributed by atoms with Crippen molar-refractivity contribution in [3.05, 3.63) is 54.1 Å². The smallest absolute Gasteiger partial charge is 0.124 e. The van der Waals surface area contributed by atoms with Gasteiger partial charge in [-0.1, -0.05) is 30.3 Å². The molecule has 0 heterocycles. The van der Waals surface area contributed by atoms with E-state index in [1.165, 1.54) is 0 Å². The van der Waals surface area contributed by atoms with Gasteiger partial charge in [-0.25, -0.2) is 0 Å². The molecule has 0 bridgehead atoms. The molecular weight excluding hydrogens is 358 g/mol. The molecule has 0 aliphatic heterocycles. The molecule has 5 heteroatoms. The molecule has 18 heavy (non-hydrogen) atoms. The van der Waals surface area contributed by atoms with Gasteiger partial charge in [0.05, 0.1) is 0 Å². The normalized spacial score (nSPS) is 10.7. The van der Waals surface area contributed by atoms with Crippen molar-refractivity contribution in [2.75, 3.05) is 5.73 Å². The van der Waals surface area contributed by atoms with Gasteiger partial charge < -0.3 is 10.3 Å². The topological polar surface area (TPSA) is 59.1 Å². The van der Waals surface area contributed by atoms with Gasteiger partial charge in [0.1, 0.15) is 18.3 Å². The summed E-state index contributed by atoms with van der Waals surface area (Å²) in [5, 5.41) is 8.76. The molecule has 2 rings (SSSR count). The molecule has 0 aliphatic carbocycles. The van der Waals surface area contributed by atoms with E-state index < -0.39 is 0 Å². The van der Waals surface area contributed by atoms with Crippen molar-refractivity contribution in [2.45, 2.75) is 0 Å². The molecule has 2 aromatic rings. The first-order chi connectivity index (χ1) is 8.66. The molecule has 0 aromatic heterocycles.